The fraction of sp³-hybridized carbons (Fsp3) is 1.00. The zero-order valence-corrected chi connectivity index (χ0v) is 5.31. The average Bonchev–Trinajstić information content (AvgIpc) is 1.68. The molecule has 0 N–H and O–H groups in total. The molecule has 0 spiro atoms. The molecular formula is C4H9ClN2. The highest BCUT2D eigenvalue weighted by molar-refractivity contribution is 6.18. The summed E-state index contributed by atoms with van der Waals surface area (Å²) in [6.07, 6.45) is 0. The van der Waals surface area contributed by atoms with E-state index in [1.165, 1.54) is 0 Å². The molecule has 3 heteroatoms. The van der Waals surface area contributed by atoms with Crippen molar-refractivity contribution in [3.63, 3.8) is 0 Å². The third-order valence-corrected chi connectivity index (χ3v) is 0.983. The van der Waals surface area contributed by atoms with Crippen molar-refractivity contribution in [3.05, 3.63) is 0 Å². The highest BCUT2D eigenvalue weighted by Gasteiger charge is 1.90. The summed E-state index contributed by atoms with van der Waals surface area (Å²) in [4.78, 5) is 0. The maximum atomic E-state index is 5.38. The van der Waals surface area contributed by atoms with Gasteiger partial charge in [-0.25, -0.2) is 0 Å². The lowest BCUT2D eigenvalue weighted by Gasteiger charge is -1.92. The molecule has 0 aliphatic carbocycles. The molecule has 0 heterocycles. The summed E-state index contributed by atoms with van der Waals surface area (Å²) < 4.78 is 0. The Morgan fingerprint density at radius 3 is 2.43 bits per heavy atom. The van der Waals surface area contributed by atoms with E-state index in [2.05, 4.69) is 10.2 Å². The zero-order chi connectivity index (χ0) is 5.70. The first-order chi connectivity index (χ1) is 3.31. The monoisotopic (exact) mass is 120 g/mol. The van der Waals surface area contributed by atoms with Gasteiger partial charge in [-0.3, -0.25) is 0 Å². The molecule has 1 atom stereocenters. The molecule has 0 rings (SSSR count). The minimum absolute atomic E-state index is 0.173. The number of alkyl halides is 1. The molecule has 0 bridgehead atoms. The second-order valence-corrected chi connectivity index (χ2v) is 1.63. The summed E-state index contributed by atoms with van der Waals surface area (Å²) in [5.74, 6) is 0.553. The highest BCUT2D eigenvalue weighted by atomic mass is 35.5. The number of hydrogen-bond donors (Lipinski definition) is 0. The van der Waals surface area contributed by atoms with Gasteiger partial charge in [-0.05, 0) is 6.92 Å². The van der Waals surface area contributed by atoms with Crippen molar-refractivity contribution in [1.29, 1.82) is 0 Å². The number of nitrogens with zero attached hydrogens (tertiary/aromatic N) is 2. The molecule has 0 aliphatic heterocycles. The van der Waals surface area contributed by atoms with Gasteiger partial charge in [0.15, 0.2) is 0 Å². The van der Waals surface area contributed by atoms with E-state index in [1.807, 2.05) is 6.92 Å². The largest absolute Gasteiger partial charge is 0.197 e. The molecule has 2 nitrogen and oxygen atoms in total. The molecule has 42 valence electrons. The van der Waals surface area contributed by atoms with Gasteiger partial charge in [0.25, 0.3) is 0 Å². The van der Waals surface area contributed by atoms with E-state index in [4.69, 9.17) is 11.6 Å². The lowest BCUT2D eigenvalue weighted by molar-refractivity contribution is 0.774. The first-order valence-corrected chi connectivity index (χ1v) is 2.69. The van der Waals surface area contributed by atoms with Crippen LogP contribution in [0.3, 0.4) is 0 Å². The maximum Gasteiger partial charge on any atom is 0.0815 e. The molecule has 0 saturated carbocycles. The summed E-state index contributed by atoms with van der Waals surface area (Å²) in [5.41, 5.74) is 0. The predicted octanol–water partition coefficient (Wildman–Crippen LogP) is 1.70. The van der Waals surface area contributed by atoms with Crippen LogP contribution in [0.2, 0.25) is 0 Å². The van der Waals surface area contributed by atoms with Crippen molar-refractivity contribution < 1.29 is 0 Å². The second kappa shape index (κ2) is 4.06. The summed E-state index contributed by atoms with van der Waals surface area (Å²) in [7, 11) is 1.64. The molecule has 0 radical (unpaired) electrons. The van der Waals surface area contributed by atoms with Gasteiger partial charge in [0.2, 0.25) is 0 Å². The fourth-order valence-electron chi connectivity index (χ4n) is 0.228. The second-order valence-electron chi connectivity index (χ2n) is 1.32. The Bertz CT molecular complexity index is 62.7. The molecule has 7 heavy (non-hydrogen) atoms. The molecule has 0 amide bonds. The van der Waals surface area contributed by atoms with Crippen molar-refractivity contribution in [2.24, 2.45) is 10.2 Å². The molecule has 0 aromatic rings. The van der Waals surface area contributed by atoms with Crippen LogP contribution >= 0.6 is 11.6 Å². The van der Waals surface area contributed by atoms with E-state index in [0.29, 0.717) is 5.88 Å². The Morgan fingerprint density at radius 1 is 1.71 bits per heavy atom. The number of halogens is 1. The highest BCUT2D eigenvalue weighted by Crippen LogP contribution is 1.91. The molecule has 0 saturated heterocycles. The van der Waals surface area contributed by atoms with Gasteiger partial charge in [0.1, 0.15) is 0 Å². The van der Waals surface area contributed by atoms with E-state index in [0.717, 1.165) is 0 Å². The molecule has 0 aliphatic rings. The topological polar surface area (TPSA) is 24.7 Å². The quantitative estimate of drug-likeness (QED) is 0.392. The summed E-state index contributed by atoms with van der Waals surface area (Å²) >= 11 is 5.38. The van der Waals surface area contributed by atoms with Gasteiger partial charge in [0.05, 0.1) is 6.04 Å². The Morgan fingerprint density at radius 2 is 2.29 bits per heavy atom. The van der Waals surface area contributed by atoms with Gasteiger partial charge >= 0.3 is 0 Å². The van der Waals surface area contributed by atoms with Gasteiger partial charge in [-0.15, -0.1) is 11.6 Å². The van der Waals surface area contributed by atoms with Crippen LogP contribution in [0.1, 0.15) is 6.92 Å². The zero-order valence-electron chi connectivity index (χ0n) is 4.56. The summed E-state index contributed by atoms with van der Waals surface area (Å²) in [6, 6.07) is 0.173. The Hall–Kier alpha value is -0.110. The van der Waals surface area contributed by atoms with E-state index in [-0.39, 0.29) is 6.04 Å². The molecular weight excluding hydrogens is 112 g/mol. The first-order valence-electron chi connectivity index (χ1n) is 2.16. The van der Waals surface area contributed by atoms with Crippen molar-refractivity contribution in [3.8, 4) is 0 Å². The van der Waals surface area contributed by atoms with E-state index >= 15 is 0 Å². The number of rotatable bonds is 2. The Balaban J connectivity index is 3.16. The van der Waals surface area contributed by atoms with Crippen LogP contribution in [0, 0.1) is 0 Å². The molecule has 0 aromatic heterocycles. The van der Waals surface area contributed by atoms with Crippen molar-refractivity contribution >= 4 is 11.6 Å². The van der Waals surface area contributed by atoms with Crippen LogP contribution in [0.25, 0.3) is 0 Å². The van der Waals surface area contributed by atoms with Crippen LogP contribution in [-0.4, -0.2) is 19.0 Å². The van der Waals surface area contributed by atoms with Crippen LogP contribution in [0.4, 0.5) is 0 Å². The number of azo groups is 1. The van der Waals surface area contributed by atoms with Gasteiger partial charge in [-0.1, -0.05) is 0 Å². The normalized spacial score (nSPS) is 15.3. The minimum atomic E-state index is 0.173. The number of hydrogen-bond acceptors (Lipinski definition) is 2. The van der Waals surface area contributed by atoms with Gasteiger partial charge < -0.3 is 0 Å². The fourth-order valence-corrected chi connectivity index (χ4v) is 0.290. The van der Waals surface area contributed by atoms with Crippen molar-refractivity contribution in [2.45, 2.75) is 13.0 Å². The summed E-state index contributed by atoms with van der Waals surface area (Å²) in [6.45, 7) is 1.92. The van der Waals surface area contributed by atoms with Gasteiger partial charge in [-0.2, -0.15) is 10.2 Å². The van der Waals surface area contributed by atoms with Crippen LogP contribution in [0.15, 0.2) is 10.2 Å². The SMILES string of the molecule is CN=NC(C)CCl. The van der Waals surface area contributed by atoms with Crippen molar-refractivity contribution in [2.75, 3.05) is 12.9 Å². The average molecular weight is 121 g/mol. The molecule has 1 unspecified atom stereocenters. The van der Waals surface area contributed by atoms with Gasteiger partial charge in [0, 0.05) is 12.9 Å². The van der Waals surface area contributed by atoms with E-state index in [9.17, 15) is 0 Å². The predicted molar refractivity (Wildman–Crippen MR) is 31.0 cm³/mol. The van der Waals surface area contributed by atoms with Crippen LogP contribution < -0.4 is 0 Å². The smallest absolute Gasteiger partial charge is 0.0815 e. The lowest BCUT2D eigenvalue weighted by Crippen LogP contribution is -1.96. The van der Waals surface area contributed by atoms with Crippen molar-refractivity contribution in [1.82, 2.24) is 0 Å². The van der Waals surface area contributed by atoms with Crippen LogP contribution in [-0.2, 0) is 0 Å². The van der Waals surface area contributed by atoms with E-state index < -0.39 is 0 Å². The standard InChI is InChI=1S/C4H9ClN2/c1-4(3-5)7-6-2/h4H,3H2,1-2H3. The first kappa shape index (κ1) is 6.89. The Labute approximate surface area is 48.6 Å². The van der Waals surface area contributed by atoms with E-state index in [1.54, 1.807) is 7.05 Å². The summed E-state index contributed by atoms with van der Waals surface area (Å²) in [5, 5.41) is 7.28. The van der Waals surface area contributed by atoms with Crippen LogP contribution in [0.5, 0.6) is 0 Å². The molecule has 0 fully saturated rings. The Kier molecular flexibility index (Phi) is 4.00. The lowest BCUT2D eigenvalue weighted by atomic mass is 10.4. The maximum absolute atomic E-state index is 5.38. The minimum Gasteiger partial charge on any atom is -0.197 e. The third kappa shape index (κ3) is 3.73. The third-order valence-electron chi connectivity index (χ3n) is 0.536. The molecule has 0 aromatic carbocycles.